The smallest absolute Gasteiger partial charge is 0.228 e. The van der Waals surface area contributed by atoms with Gasteiger partial charge in [0.15, 0.2) is 0 Å². The topological polar surface area (TPSA) is 95.3 Å². The summed E-state index contributed by atoms with van der Waals surface area (Å²) in [5.74, 6) is 0.0724. The highest BCUT2D eigenvalue weighted by Gasteiger charge is 2.26. The highest BCUT2D eigenvalue weighted by Crippen LogP contribution is 2.24. The minimum atomic E-state index is -0.0197. The maximum atomic E-state index is 12.9. The Morgan fingerprint density at radius 2 is 2.07 bits per heavy atom. The zero-order valence-electron chi connectivity index (χ0n) is 16.8. The number of hydrogen-bond donors (Lipinski definition) is 3. The number of likely N-dealkylation sites (tertiary alicyclic amines) is 1. The molecule has 2 unspecified atom stereocenters. The molecule has 5 rings (SSSR count). The van der Waals surface area contributed by atoms with Gasteiger partial charge in [0.2, 0.25) is 5.91 Å². The number of aromatic nitrogens is 2. The molecule has 3 N–H and O–H groups in total. The average Bonchev–Trinajstić information content (AvgIpc) is 3.47. The Labute approximate surface area is 174 Å². The molecule has 2 saturated heterocycles. The fourth-order valence-electron chi connectivity index (χ4n) is 4.42. The Morgan fingerprint density at radius 3 is 2.90 bits per heavy atom. The molecule has 2 fully saturated rings. The molecule has 2 aliphatic rings. The van der Waals surface area contributed by atoms with E-state index >= 15 is 0 Å². The van der Waals surface area contributed by atoms with Gasteiger partial charge in [0.25, 0.3) is 0 Å². The minimum absolute atomic E-state index is 0.0197. The van der Waals surface area contributed by atoms with E-state index in [1.165, 1.54) is 5.56 Å². The van der Waals surface area contributed by atoms with Crippen molar-refractivity contribution in [3.8, 4) is 0 Å². The lowest BCUT2D eigenvalue weighted by Crippen LogP contribution is -2.40. The quantitative estimate of drug-likeness (QED) is 0.599. The van der Waals surface area contributed by atoms with Gasteiger partial charge in [-0.2, -0.15) is 0 Å². The van der Waals surface area contributed by atoms with Crippen LogP contribution in [0.25, 0.3) is 11.0 Å². The number of piperidine rings is 1. The molecule has 30 heavy (non-hydrogen) atoms. The molecular formula is C22H26N6O2. The monoisotopic (exact) mass is 406 g/mol. The van der Waals surface area contributed by atoms with Crippen LogP contribution in [0.2, 0.25) is 0 Å². The van der Waals surface area contributed by atoms with E-state index in [0.717, 1.165) is 67.7 Å². The Bertz CT molecular complexity index is 1010. The molecule has 2 aromatic carbocycles. The molecule has 0 aliphatic carbocycles. The van der Waals surface area contributed by atoms with Gasteiger partial charge < -0.3 is 5.32 Å². The average molecular weight is 406 g/mol. The van der Waals surface area contributed by atoms with Crippen molar-refractivity contribution >= 4 is 22.6 Å². The van der Waals surface area contributed by atoms with E-state index in [-0.39, 0.29) is 11.8 Å². The van der Waals surface area contributed by atoms with Gasteiger partial charge in [0, 0.05) is 31.4 Å². The van der Waals surface area contributed by atoms with Gasteiger partial charge in [-0.25, -0.2) is 4.63 Å². The van der Waals surface area contributed by atoms with Crippen molar-refractivity contribution in [3.63, 3.8) is 0 Å². The third-order valence-corrected chi connectivity index (χ3v) is 6.05. The number of nitrogens with one attached hydrogen (secondary N) is 3. The highest BCUT2D eigenvalue weighted by molar-refractivity contribution is 5.92. The molecule has 156 valence electrons. The molecule has 2 atom stereocenters. The Morgan fingerprint density at radius 1 is 1.17 bits per heavy atom. The van der Waals surface area contributed by atoms with E-state index in [2.05, 4.69) is 43.5 Å². The number of rotatable bonds is 5. The molecule has 3 aromatic rings. The summed E-state index contributed by atoms with van der Waals surface area (Å²) in [5.41, 5.74) is 11.2. The van der Waals surface area contributed by atoms with Gasteiger partial charge in [-0.15, -0.1) is 0 Å². The van der Waals surface area contributed by atoms with Crippen molar-refractivity contribution in [3.05, 3.63) is 53.6 Å². The van der Waals surface area contributed by atoms with Gasteiger partial charge in [-0.05, 0) is 65.4 Å². The number of fused-ring (bicyclic) bond motifs is 1. The summed E-state index contributed by atoms with van der Waals surface area (Å²) in [6, 6.07) is 14.4. The lowest BCUT2D eigenvalue weighted by molar-refractivity contribution is -0.121. The van der Waals surface area contributed by atoms with Crippen LogP contribution in [0.3, 0.4) is 0 Å². The fourth-order valence-corrected chi connectivity index (χ4v) is 4.42. The Hall–Kier alpha value is -2.81. The zero-order valence-corrected chi connectivity index (χ0v) is 16.8. The van der Waals surface area contributed by atoms with Crippen molar-refractivity contribution in [2.24, 2.45) is 5.92 Å². The molecule has 1 aromatic heterocycles. The largest absolute Gasteiger partial charge is 0.326 e. The maximum absolute atomic E-state index is 12.9. The second-order valence-corrected chi connectivity index (χ2v) is 8.15. The fraction of sp³-hybridized carbons (Fsp3) is 0.409. The van der Waals surface area contributed by atoms with Crippen LogP contribution in [-0.2, 0) is 11.3 Å². The molecule has 0 radical (unpaired) electrons. The summed E-state index contributed by atoms with van der Waals surface area (Å²) in [6.07, 6.45) is 2.99. The SMILES string of the molecule is O=C(Nc1ccc(C2CCNN2)cc1)C1CCCN(Cc2cccc3nonc23)C1. The van der Waals surface area contributed by atoms with Crippen molar-refractivity contribution in [1.29, 1.82) is 0 Å². The third kappa shape index (κ3) is 4.07. The summed E-state index contributed by atoms with van der Waals surface area (Å²) in [5, 5.41) is 11.0. The van der Waals surface area contributed by atoms with Crippen LogP contribution in [0.1, 0.15) is 36.4 Å². The van der Waals surface area contributed by atoms with Crippen LogP contribution in [-0.4, -0.2) is 40.8 Å². The zero-order chi connectivity index (χ0) is 20.3. The number of carbonyl (C=O) groups excluding carboxylic acids is 1. The second kappa shape index (κ2) is 8.51. The number of anilines is 1. The van der Waals surface area contributed by atoms with E-state index in [9.17, 15) is 4.79 Å². The van der Waals surface area contributed by atoms with Gasteiger partial charge in [-0.3, -0.25) is 20.5 Å². The van der Waals surface area contributed by atoms with Crippen LogP contribution in [0.5, 0.6) is 0 Å². The lowest BCUT2D eigenvalue weighted by atomic mass is 9.96. The minimum Gasteiger partial charge on any atom is -0.326 e. The molecule has 3 heterocycles. The highest BCUT2D eigenvalue weighted by atomic mass is 16.6. The number of hydrogen-bond acceptors (Lipinski definition) is 7. The van der Waals surface area contributed by atoms with E-state index < -0.39 is 0 Å². The standard InChI is InChI=1S/C22H26N6O2/c29-22(24-18-8-6-15(7-9-18)19-10-11-23-25-19)17-4-2-12-28(14-17)13-16-3-1-5-20-21(16)27-30-26-20/h1,3,5-9,17,19,23,25H,2,4,10-14H2,(H,24,29). The molecule has 8 heteroatoms. The van der Waals surface area contributed by atoms with Crippen molar-refractivity contribution in [2.45, 2.75) is 31.8 Å². The molecule has 1 amide bonds. The van der Waals surface area contributed by atoms with E-state index in [1.807, 2.05) is 30.3 Å². The lowest BCUT2D eigenvalue weighted by Gasteiger charge is -2.32. The first-order chi connectivity index (χ1) is 14.8. The summed E-state index contributed by atoms with van der Waals surface area (Å²) in [7, 11) is 0. The predicted molar refractivity (Wildman–Crippen MR) is 113 cm³/mol. The van der Waals surface area contributed by atoms with Gasteiger partial charge in [-0.1, -0.05) is 24.3 Å². The molecular weight excluding hydrogens is 380 g/mol. The third-order valence-electron chi connectivity index (χ3n) is 6.05. The van der Waals surface area contributed by atoms with Crippen LogP contribution >= 0.6 is 0 Å². The van der Waals surface area contributed by atoms with Crippen LogP contribution in [0.15, 0.2) is 47.1 Å². The van der Waals surface area contributed by atoms with Crippen LogP contribution < -0.4 is 16.2 Å². The summed E-state index contributed by atoms with van der Waals surface area (Å²) in [6.45, 7) is 3.43. The second-order valence-electron chi connectivity index (χ2n) is 8.15. The molecule has 2 aliphatic heterocycles. The first-order valence-corrected chi connectivity index (χ1v) is 10.6. The number of nitrogens with zero attached hydrogens (tertiary/aromatic N) is 3. The number of amides is 1. The number of hydrazine groups is 1. The maximum Gasteiger partial charge on any atom is 0.228 e. The molecule has 0 bridgehead atoms. The molecule has 8 nitrogen and oxygen atoms in total. The van der Waals surface area contributed by atoms with Gasteiger partial charge >= 0.3 is 0 Å². The van der Waals surface area contributed by atoms with Crippen molar-refractivity contribution in [1.82, 2.24) is 26.1 Å². The Balaban J connectivity index is 1.20. The van der Waals surface area contributed by atoms with Crippen molar-refractivity contribution in [2.75, 3.05) is 25.0 Å². The van der Waals surface area contributed by atoms with Crippen LogP contribution in [0.4, 0.5) is 5.69 Å². The van der Waals surface area contributed by atoms with Crippen LogP contribution in [0, 0.1) is 5.92 Å². The first kappa shape index (κ1) is 19.2. The van der Waals surface area contributed by atoms with E-state index in [4.69, 9.17) is 4.63 Å². The summed E-state index contributed by atoms with van der Waals surface area (Å²) >= 11 is 0. The van der Waals surface area contributed by atoms with Gasteiger partial charge in [0.05, 0.1) is 5.92 Å². The summed E-state index contributed by atoms with van der Waals surface area (Å²) < 4.78 is 4.87. The van der Waals surface area contributed by atoms with E-state index in [1.54, 1.807) is 0 Å². The summed E-state index contributed by atoms with van der Waals surface area (Å²) in [4.78, 5) is 15.2. The number of benzene rings is 2. The van der Waals surface area contributed by atoms with Crippen molar-refractivity contribution < 1.29 is 9.42 Å². The number of carbonyl (C=O) groups is 1. The Kier molecular flexibility index (Phi) is 5.44. The molecule has 0 saturated carbocycles. The van der Waals surface area contributed by atoms with Gasteiger partial charge in [0.1, 0.15) is 11.0 Å². The normalized spacial score (nSPS) is 22.4. The predicted octanol–water partition coefficient (Wildman–Crippen LogP) is 2.61. The molecule has 0 spiro atoms. The first-order valence-electron chi connectivity index (χ1n) is 10.6. The van der Waals surface area contributed by atoms with E-state index in [0.29, 0.717) is 6.04 Å².